The van der Waals surface area contributed by atoms with Crippen molar-refractivity contribution < 1.29 is 19.8 Å². The predicted molar refractivity (Wildman–Crippen MR) is 187 cm³/mol. The van der Waals surface area contributed by atoms with Crippen LogP contribution in [0.25, 0.3) is 23.3 Å². The first-order valence-corrected chi connectivity index (χ1v) is 15.4. The van der Waals surface area contributed by atoms with E-state index in [1.807, 2.05) is 97.1 Å². The minimum atomic E-state index is -0.967. The molecule has 0 saturated heterocycles. The fourth-order valence-electron chi connectivity index (χ4n) is 6.61. The third kappa shape index (κ3) is 5.26. The Hall–Kier alpha value is -6.26. The van der Waals surface area contributed by atoms with Crippen LogP contribution in [-0.2, 0) is 5.41 Å². The molecule has 1 aliphatic carbocycles. The molecule has 0 bridgehead atoms. The maximum absolute atomic E-state index is 13.6. The van der Waals surface area contributed by atoms with Crippen LogP contribution < -0.4 is 0 Å². The zero-order valence-electron chi connectivity index (χ0n) is 25.4. The SMILES string of the molecule is O=C(/C=C/c1ccccc1)c1cc(C2(c3ccc(O)c(C(=O)/C=C/c4ccccc4)c3)c3ccccc3-c3ccccc32)ccc1O. The zero-order chi connectivity index (χ0) is 32.4. The Morgan fingerprint density at radius 2 is 0.851 bits per heavy atom. The van der Waals surface area contributed by atoms with Gasteiger partial charge in [0.2, 0.25) is 0 Å². The summed E-state index contributed by atoms with van der Waals surface area (Å²) < 4.78 is 0. The second-order valence-corrected chi connectivity index (χ2v) is 11.5. The van der Waals surface area contributed by atoms with E-state index < -0.39 is 5.41 Å². The molecule has 0 fully saturated rings. The second-order valence-electron chi connectivity index (χ2n) is 11.5. The summed E-state index contributed by atoms with van der Waals surface area (Å²) in [6.07, 6.45) is 6.39. The highest BCUT2D eigenvalue weighted by atomic mass is 16.3. The van der Waals surface area contributed by atoms with Gasteiger partial charge in [-0.3, -0.25) is 9.59 Å². The smallest absolute Gasteiger partial charge is 0.189 e. The van der Waals surface area contributed by atoms with Crippen LogP contribution in [0.2, 0.25) is 0 Å². The Morgan fingerprint density at radius 3 is 1.28 bits per heavy atom. The number of phenols is 2. The molecular weight excluding hydrogens is 580 g/mol. The van der Waals surface area contributed by atoms with Crippen LogP contribution in [0.5, 0.6) is 11.5 Å². The number of phenolic OH excluding ortho intramolecular Hbond substituents is 2. The molecule has 6 aromatic carbocycles. The van der Waals surface area contributed by atoms with E-state index in [9.17, 15) is 19.8 Å². The highest BCUT2D eigenvalue weighted by Crippen LogP contribution is 2.56. The van der Waals surface area contributed by atoms with E-state index >= 15 is 0 Å². The van der Waals surface area contributed by atoms with Crippen LogP contribution in [0.1, 0.15) is 54.1 Å². The van der Waals surface area contributed by atoms with Gasteiger partial charge in [-0.2, -0.15) is 0 Å². The van der Waals surface area contributed by atoms with Crippen molar-refractivity contribution >= 4 is 23.7 Å². The topological polar surface area (TPSA) is 74.6 Å². The number of hydrogen-bond donors (Lipinski definition) is 2. The number of aromatic hydroxyl groups is 2. The summed E-state index contributed by atoms with van der Waals surface area (Å²) in [5.74, 6) is -0.927. The maximum Gasteiger partial charge on any atom is 0.189 e. The Morgan fingerprint density at radius 1 is 0.468 bits per heavy atom. The van der Waals surface area contributed by atoms with Crippen LogP contribution in [0.15, 0.2) is 158 Å². The van der Waals surface area contributed by atoms with Crippen molar-refractivity contribution in [2.75, 3.05) is 0 Å². The highest BCUT2D eigenvalue weighted by molar-refractivity contribution is 6.10. The number of allylic oxidation sites excluding steroid dienone is 2. The number of fused-ring (bicyclic) bond motifs is 3. The summed E-state index contributed by atoms with van der Waals surface area (Å²) in [4.78, 5) is 27.2. The van der Waals surface area contributed by atoms with Gasteiger partial charge in [0.15, 0.2) is 11.6 Å². The Bertz CT molecular complexity index is 2030. The normalized spacial score (nSPS) is 13.0. The molecule has 0 amide bonds. The summed E-state index contributed by atoms with van der Waals surface area (Å²) >= 11 is 0. The molecule has 47 heavy (non-hydrogen) atoms. The molecule has 0 aliphatic heterocycles. The van der Waals surface area contributed by atoms with Gasteiger partial charge in [-0.05, 0) is 80.9 Å². The molecule has 0 saturated carbocycles. The molecule has 226 valence electrons. The van der Waals surface area contributed by atoms with Crippen LogP contribution in [0, 0.1) is 0 Å². The predicted octanol–water partition coefficient (Wildman–Crippen LogP) is 9.25. The number of hydrogen-bond acceptors (Lipinski definition) is 4. The van der Waals surface area contributed by atoms with Gasteiger partial charge in [-0.25, -0.2) is 0 Å². The van der Waals surface area contributed by atoms with Crippen molar-refractivity contribution in [2.45, 2.75) is 5.41 Å². The number of carbonyl (C=O) groups excluding carboxylic acids is 2. The molecule has 0 heterocycles. The van der Waals surface area contributed by atoms with Crippen molar-refractivity contribution in [3.8, 4) is 22.6 Å². The van der Waals surface area contributed by atoms with Crippen LogP contribution in [0.4, 0.5) is 0 Å². The Kier molecular flexibility index (Phi) is 7.68. The van der Waals surface area contributed by atoms with Gasteiger partial charge >= 0.3 is 0 Å². The van der Waals surface area contributed by atoms with E-state index in [0.29, 0.717) is 0 Å². The van der Waals surface area contributed by atoms with Gasteiger partial charge in [0.25, 0.3) is 0 Å². The highest BCUT2D eigenvalue weighted by Gasteiger charge is 2.46. The molecule has 0 radical (unpaired) electrons. The van der Waals surface area contributed by atoms with Gasteiger partial charge in [-0.1, -0.05) is 133 Å². The van der Waals surface area contributed by atoms with Crippen molar-refractivity contribution in [3.05, 3.63) is 202 Å². The van der Waals surface area contributed by atoms with Gasteiger partial charge in [0, 0.05) is 0 Å². The molecule has 6 aromatic rings. The minimum absolute atomic E-state index is 0.126. The first kappa shape index (κ1) is 29.5. The molecule has 1 aliphatic rings. The molecule has 7 rings (SSSR count). The summed E-state index contributed by atoms with van der Waals surface area (Å²) in [6, 6.07) is 45.5. The van der Waals surface area contributed by atoms with Crippen molar-refractivity contribution in [1.29, 1.82) is 0 Å². The number of benzene rings is 6. The standard InChI is InChI=1S/C43H30O4/c44-39(23-19-29-11-3-1-4-12-29)35-27-31(21-25-41(35)46)43(37-17-9-7-15-33(37)34-16-8-10-18-38(34)43)32-22-26-42(47)36(28-32)40(45)24-20-30-13-5-2-6-14-30/h1-28,46-47H/b23-19+,24-20+. The summed E-state index contributed by atoms with van der Waals surface area (Å²) in [5, 5.41) is 21.9. The quantitative estimate of drug-likeness (QED) is 0.133. The first-order chi connectivity index (χ1) is 23.0. The molecule has 4 nitrogen and oxygen atoms in total. The van der Waals surface area contributed by atoms with Crippen LogP contribution in [-0.4, -0.2) is 21.8 Å². The van der Waals surface area contributed by atoms with Gasteiger partial charge < -0.3 is 10.2 Å². The molecular formula is C43H30O4. The molecule has 0 aromatic heterocycles. The van der Waals surface area contributed by atoms with Gasteiger partial charge in [-0.15, -0.1) is 0 Å². The molecule has 0 spiro atoms. The first-order valence-electron chi connectivity index (χ1n) is 15.4. The van der Waals surface area contributed by atoms with Crippen LogP contribution >= 0.6 is 0 Å². The molecule has 4 heteroatoms. The van der Waals surface area contributed by atoms with Crippen LogP contribution in [0.3, 0.4) is 0 Å². The number of carbonyl (C=O) groups is 2. The second kappa shape index (κ2) is 12.3. The van der Waals surface area contributed by atoms with E-state index in [0.717, 1.165) is 44.5 Å². The molecule has 2 N–H and O–H groups in total. The van der Waals surface area contributed by atoms with E-state index in [2.05, 4.69) is 24.3 Å². The summed E-state index contributed by atoms with van der Waals surface area (Å²) in [6.45, 7) is 0. The fraction of sp³-hybridized carbons (Fsp3) is 0.0233. The van der Waals surface area contributed by atoms with E-state index in [4.69, 9.17) is 0 Å². The fourth-order valence-corrected chi connectivity index (χ4v) is 6.61. The van der Waals surface area contributed by atoms with Gasteiger partial charge in [0.05, 0.1) is 16.5 Å². The van der Waals surface area contributed by atoms with Gasteiger partial charge in [0.1, 0.15) is 11.5 Å². The lowest BCUT2D eigenvalue weighted by Gasteiger charge is -2.34. The van der Waals surface area contributed by atoms with E-state index in [-0.39, 0.29) is 34.2 Å². The lowest BCUT2D eigenvalue weighted by molar-refractivity contribution is 0.103. The summed E-state index contributed by atoms with van der Waals surface area (Å²) in [5.41, 5.74) is 6.57. The zero-order valence-corrected chi connectivity index (χ0v) is 25.4. The number of ketones is 2. The Labute approximate surface area is 273 Å². The van der Waals surface area contributed by atoms with E-state index in [1.165, 1.54) is 12.2 Å². The van der Waals surface area contributed by atoms with Crippen molar-refractivity contribution in [3.63, 3.8) is 0 Å². The average molecular weight is 611 g/mol. The average Bonchev–Trinajstić information content (AvgIpc) is 3.42. The lowest BCUT2D eigenvalue weighted by Crippen LogP contribution is -2.29. The molecule has 0 atom stereocenters. The summed E-state index contributed by atoms with van der Waals surface area (Å²) in [7, 11) is 0. The Balaban J connectivity index is 1.42. The van der Waals surface area contributed by atoms with Crippen molar-refractivity contribution in [1.82, 2.24) is 0 Å². The molecule has 0 unspecified atom stereocenters. The maximum atomic E-state index is 13.6. The largest absolute Gasteiger partial charge is 0.507 e. The minimum Gasteiger partial charge on any atom is -0.507 e. The lowest BCUT2D eigenvalue weighted by atomic mass is 9.67. The third-order valence-electron chi connectivity index (χ3n) is 8.80. The van der Waals surface area contributed by atoms with Crippen molar-refractivity contribution in [2.24, 2.45) is 0 Å². The number of rotatable bonds is 8. The monoisotopic (exact) mass is 610 g/mol. The van der Waals surface area contributed by atoms with E-state index in [1.54, 1.807) is 36.4 Å². The third-order valence-corrected chi connectivity index (χ3v) is 8.80.